The molecule has 0 fully saturated rings. The van der Waals surface area contributed by atoms with Gasteiger partial charge in [-0.15, -0.1) is 0 Å². The fourth-order valence-electron chi connectivity index (χ4n) is 0.734. The smallest absolute Gasteiger partial charge is 0.332 e. The van der Waals surface area contributed by atoms with E-state index in [1.165, 1.54) is 0 Å². The zero-order valence-electron chi connectivity index (χ0n) is 7.76. The summed E-state index contributed by atoms with van der Waals surface area (Å²) >= 11 is 2.92. The fourth-order valence-corrected chi connectivity index (χ4v) is 1.13. The molecule has 0 spiro atoms. The van der Waals surface area contributed by atoms with Crippen LogP contribution in [0, 0.1) is 0 Å². The zero-order valence-corrected chi connectivity index (χ0v) is 9.35. The van der Waals surface area contributed by atoms with Crippen LogP contribution in [-0.2, 0) is 4.74 Å². The van der Waals surface area contributed by atoms with Crippen LogP contribution in [0.15, 0.2) is 0 Å². The van der Waals surface area contributed by atoms with Gasteiger partial charge in [-0.25, -0.2) is 0 Å². The standard InChI is InChI=1S/C7H8BrF7O/c8-3-1-2-4-16-5(9,6(10,11)12)7(13,14)15/h1-4H2. The average molecular weight is 321 g/mol. The second kappa shape index (κ2) is 5.52. The molecule has 0 bridgehead atoms. The maximum absolute atomic E-state index is 12.7. The number of unbranched alkanes of at least 4 members (excludes halogenated alkanes) is 1. The molecule has 0 aromatic rings. The van der Waals surface area contributed by atoms with Crippen molar-refractivity contribution in [2.45, 2.75) is 31.0 Å². The average Bonchev–Trinajstić information content (AvgIpc) is 2.08. The minimum atomic E-state index is -6.14. The molecule has 0 amide bonds. The van der Waals surface area contributed by atoms with E-state index in [0.29, 0.717) is 5.33 Å². The number of hydrogen-bond acceptors (Lipinski definition) is 1. The Balaban J connectivity index is 4.59. The Labute approximate surface area is 95.1 Å². The van der Waals surface area contributed by atoms with Crippen molar-refractivity contribution in [3.63, 3.8) is 0 Å². The van der Waals surface area contributed by atoms with Crippen LogP contribution in [-0.4, -0.2) is 30.1 Å². The van der Waals surface area contributed by atoms with Crippen molar-refractivity contribution in [2.75, 3.05) is 11.9 Å². The second-order valence-electron chi connectivity index (χ2n) is 2.84. The molecule has 0 aromatic heterocycles. The molecule has 0 heterocycles. The van der Waals surface area contributed by atoms with Crippen molar-refractivity contribution < 1.29 is 35.5 Å². The molecule has 0 aromatic carbocycles. The maximum Gasteiger partial charge on any atom is 0.458 e. The van der Waals surface area contributed by atoms with Gasteiger partial charge in [0.05, 0.1) is 6.61 Å². The Morgan fingerprint density at radius 3 is 1.56 bits per heavy atom. The largest absolute Gasteiger partial charge is 0.458 e. The quantitative estimate of drug-likeness (QED) is 0.423. The van der Waals surface area contributed by atoms with Crippen LogP contribution in [0.5, 0.6) is 0 Å². The van der Waals surface area contributed by atoms with Gasteiger partial charge in [0, 0.05) is 5.33 Å². The van der Waals surface area contributed by atoms with Gasteiger partial charge in [-0.2, -0.15) is 30.7 Å². The molecule has 1 nitrogen and oxygen atoms in total. The van der Waals surface area contributed by atoms with Crippen molar-refractivity contribution >= 4 is 15.9 Å². The van der Waals surface area contributed by atoms with Crippen molar-refractivity contribution in [3.05, 3.63) is 0 Å². The van der Waals surface area contributed by atoms with Crippen LogP contribution in [0.4, 0.5) is 30.7 Å². The number of halogens is 8. The molecule has 0 aliphatic rings. The summed E-state index contributed by atoms with van der Waals surface area (Å²) in [6, 6.07) is 0. The third kappa shape index (κ3) is 3.76. The highest BCUT2D eigenvalue weighted by atomic mass is 79.9. The summed E-state index contributed by atoms with van der Waals surface area (Å²) in [4.78, 5) is 0. The molecule has 0 aliphatic carbocycles. The fraction of sp³-hybridized carbons (Fsp3) is 1.00. The number of rotatable bonds is 5. The van der Waals surface area contributed by atoms with Crippen LogP contribution in [0.3, 0.4) is 0 Å². The molecule has 98 valence electrons. The predicted octanol–water partition coefficient (Wildman–Crippen LogP) is 3.97. The Bertz CT molecular complexity index is 198. The van der Waals surface area contributed by atoms with E-state index in [4.69, 9.17) is 0 Å². The topological polar surface area (TPSA) is 9.23 Å². The van der Waals surface area contributed by atoms with Gasteiger partial charge in [0.1, 0.15) is 0 Å². The zero-order chi connectivity index (χ0) is 13.0. The summed E-state index contributed by atoms with van der Waals surface area (Å²) in [5.41, 5.74) is 0. The van der Waals surface area contributed by atoms with Gasteiger partial charge in [0.25, 0.3) is 0 Å². The Morgan fingerprint density at radius 1 is 0.812 bits per heavy atom. The second-order valence-corrected chi connectivity index (χ2v) is 3.63. The number of ether oxygens (including phenoxy) is 1. The SMILES string of the molecule is FC(F)(F)C(F)(OCCCCBr)C(F)(F)F. The lowest BCUT2D eigenvalue weighted by molar-refractivity contribution is -0.430. The van der Waals surface area contributed by atoms with Crippen molar-refractivity contribution in [1.29, 1.82) is 0 Å². The van der Waals surface area contributed by atoms with E-state index in [0.717, 1.165) is 0 Å². The third-order valence-corrected chi connectivity index (χ3v) is 2.12. The number of alkyl halides is 8. The summed E-state index contributed by atoms with van der Waals surface area (Å²) in [6.45, 7) is -0.957. The highest BCUT2D eigenvalue weighted by Gasteiger charge is 2.74. The van der Waals surface area contributed by atoms with Crippen LogP contribution in [0.1, 0.15) is 12.8 Å². The van der Waals surface area contributed by atoms with Crippen LogP contribution in [0.25, 0.3) is 0 Å². The molecule has 16 heavy (non-hydrogen) atoms. The molecule has 9 heteroatoms. The van der Waals surface area contributed by atoms with Crippen LogP contribution in [0.2, 0.25) is 0 Å². The molecule has 0 N–H and O–H groups in total. The molecule has 0 saturated carbocycles. The van der Waals surface area contributed by atoms with Gasteiger partial charge < -0.3 is 4.74 Å². The van der Waals surface area contributed by atoms with Gasteiger partial charge in [0.2, 0.25) is 0 Å². The minimum absolute atomic E-state index is 0.108. The van der Waals surface area contributed by atoms with Crippen LogP contribution >= 0.6 is 15.9 Å². The van der Waals surface area contributed by atoms with Crippen molar-refractivity contribution in [3.8, 4) is 0 Å². The first-order chi connectivity index (χ1) is 7.06. The summed E-state index contributed by atoms with van der Waals surface area (Å²) in [7, 11) is 0. The molecule has 0 saturated heterocycles. The van der Waals surface area contributed by atoms with E-state index < -0.39 is 24.8 Å². The Hall–Kier alpha value is -0.0500. The molecule has 0 atom stereocenters. The molecule has 0 rings (SSSR count). The van der Waals surface area contributed by atoms with E-state index in [2.05, 4.69) is 20.7 Å². The van der Waals surface area contributed by atoms with Crippen molar-refractivity contribution in [1.82, 2.24) is 0 Å². The van der Waals surface area contributed by atoms with E-state index in [1.54, 1.807) is 0 Å². The first-order valence-electron chi connectivity index (χ1n) is 4.08. The lowest BCUT2D eigenvalue weighted by atomic mass is 10.3. The van der Waals surface area contributed by atoms with Gasteiger partial charge in [-0.05, 0) is 12.8 Å². The van der Waals surface area contributed by atoms with E-state index >= 15 is 0 Å². The van der Waals surface area contributed by atoms with Gasteiger partial charge in [0.15, 0.2) is 0 Å². The first kappa shape index (κ1) is 16.0. The summed E-state index contributed by atoms with van der Waals surface area (Å²) in [6.07, 6.45) is -12.1. The number of hydrogen-bond donors (Lipinski definition) is 0. The Kier molecular flexibility index (Phi) is 5.51. The molecule has 0 aliphatic heterocycles. The lowest BCUT2D eigenvalue weighted by Crippen LogP contribution is -2.55. The summed E-state index contributed by atoms with van der Waals surface area (Å²) < 4.78 is 87.4. The summed E-state index contributed by atoms with van der Waals surface area (Å²) in [5.74, 6) is -5.59. The molecular formula is C7H8BrF7O. The van der Waals surface area contributed by atoms with Crippen molar-refractivity contribution in [2.24, 2.45) is 0 Å². The minimum Gasteiger partial charge on any atom is -0.332 e. The van der Waals surface area contributed by atoms with E-state index in [9.17, 15) is 30.7 Å². The molecular weight excluding hydrogens is 313 g/mol. The third-order valence-electron chi connectivity index (χ3n) is 1.56. The summed E-state index contributed by atoms with van der Waals surface area (Å²) in [5, 5.41) is 0.383. The van der Waals surface area contributed by atoms with Gasteiger partial charge >= 0.3 is 18.2 Å². The van der Waals surface area contributed by atoms with E-state index in [-0.39, 0.29) is 12.8 Å². The Morgan fingerprint density at radius 2 is 1.25 bits per heavy atom. The normalized spacial score (nSPS) is 14.2. The van der Waals surface area contributed by atoms with Crippen LogP contribution < -0.4 is 0 Å². The molecule has 0 unspecified atom stereocenters. The highest BCUT2D eigenvalue weighted by molar-refractivity contribution is 9.09. The van der Waals surface area contributed by atoms with Gasteiger partial charge in [-0.3, -0.25) is 0 Å². The lowest BCUT2D eigenvalue weighted by Gasteiger charge is -2.29. The highest BCUT2D eigenvalue weighted by Crippen LogP contribution is 2.46. The monoisotopic (exact) mass is 320 g/mol. The molecule has 0 radical (unpaired) electrons. The maximum atomic E-state index is 12.7. The van der Waals surface area contributed by atoms with Gasteiger partial charge in [-0.1, -0.05) is 15.9 Å². The van der Waals surface area contributed by atoms with E-state index in [1.807, 2.05) is 0 Å². The first-order valence-corrected chi connectivity index (χ1v) is 5.20. The predicted molar refractivity (Wildman–Crippen MR) is 44.9 cm³/mol.